The molecule has 1 aromatic rings. The summed E-state index contributed by atoms with van der Waals surface area (Å²) in [7, 11) is 0. The van der Waals surface area contributed by atoms with Crippen molar-refractivity contribution in [2.45, 2.75) is 25.3 Å². The Kier molecular flexibility index (Phi) is 9.31. The summed E-state index contributed by atoms with van der Waals surface area (Å²) in [6.07, 6.45) is 2.89. The van der Waals surface area contributed by atoms with Gasteiger partial charge in [0.2, 0.25) is 0 Å². The summed E-state index contributed by atoms with van der Waals surface area (Å²) in [5, 5.41) is 0. The van der Waals surface area contributed by atoms with E-state index < -0.39 is 0 Å². The molecule has 0 unspecified atom stereocenters. The van der Waals surface area contributed by atoms with Gasteiger partial charge in [-0.25, -0.2) is 4.39 Å². The van der Waals surface area contributed by atoms with E-state index in [0.717, 1.165) is 19.3 Å². The quantitative estimate of drug-likeness (QED) is 0.594. The number of benzene rings is 1. The van der Waals surface area contributed by atoms with Gasteiger partial charge in [0.15, 0.2) is 0 Å². The second-order valence-corrected chi connectivity index (χ2v) is 4.11. The molecule has 2 nitrogen and oxygen atoms in total. The lowest BCUT2D eigenvalue weighted by molar-refractivity contribution is 0.302. The number of rotatable bonds is 7. The highest BCUT2D eigenvalue weighted by atomic mass is 35.5. The lowest BCUT2D eigenvalue weighted by Gasteiger charge is -2.08. The van der Waals surface area contributed by atoms with Crippen LogP contribution in [0.15, 0.2) is 24.3 Å². The van der Waals surface area contributed by atoms with Gasteiger partial charge in [0, 0.05) is 17.9 Å². The average Bonchev–Trinajstić information content (AvgIpc) is 2.28. The van der Waals surface area contributed by atoms with E-state index in [2.05, 4.69) is 12.6 Å². The maximum atomic E-state index is 12.8. The first-order valence-electron chi connectivity index (χ1n) is 5.47. The number of hydrogen-bond acceptors (Lipinski definition) is 3. The standard InChI is InChI=1S/C12H18FNOS.ClH/c13-10-4-3-6-12(8-10)15-7-2-1-5-11(14)9-16;/h3-4,6,8,11,16H,1-2,5,7,9,14H2;1H/t11-;/m0./s1. The number of ether oxygens (including phenoxy) is 1. The predicted octanol–water partition coefficient (Wildman–Crippen LogP) is 3.05. The first-order chi connectivity index (χ1) is 7.72. The molecule has 1 rings (SSSR count). The number of unbranched alkanes of at least 4 members (excludes halogenated alkanes) is 1. The van der Waals surface area contributed by atoms with E-state index in [1.54, 1.807) is 12.1 Å². The average molecular weight is 280 g/mol. The number of hydrogen-bond donors (Lipinski definition) is 2. The largest absolute Gasteiger partial charge is 0.493 e. The van der Waals surface area contributed by atoms with Crippen molar-refractivity contribution in [3.05, 3.63) is 30.1 Å². The van der Waals surface area contributed by atoms with Crippen LogP contribution in [0.1, 0.15) is 19.3 Å². The molecule has 0 fully saturated rings. The van der Waals surface area contributed by atoms with E-state index in [1.807, 2.05) is 0 Å². The predicted molar refractivity (Wildman–Crippen MR) is 74.8 cm³/mol. The van der Waals surface area contributed by atoms with E-state index in [0.29, 0.717) is 18.1 Å². The third-order valence-corrected chi connectivity index (χ3v) is 2.74. The highest BCUT2D eigenvalue weighted by Crippen LogP contribution is 2.12. The topological polar surface area (TPSA) is 35.2 Å². The molecule has 5 heteroatoms. The number of halogens is 2. The highest BCUT2D eigenvalue weighted by molar-refractivity contribution is 7.80. The second kappa shape index (κ2) is 9.57. The van der Waals surface area contributed by atoms with Gasteiger partial charge in [-0.15, -0.1) is 12.4 Å². The van der Waals surface area contributed by atoms with Gasteiger partial charge in [0.25, 0.3) is 0 Å². The third-order valence-electron chi connectivity index (χ3n) is 2.27. The molecule has 0 aliphatic carbocycles. The zero-order valence-corrected chi connectivity index (χ0v) is 11.4. The molecule has 2 N–H and O–H groups in total. The molecule has 0 aromatic heterocycles. The van der Waals surface area contributed by atoms with E-state index >= 15 is 0 Å². The van der Waals surface area contributed by atoms with Crippen molar-refractivity contribution in [1.82, 2.24) is 0 Å². The zero-order chi connectivity index (χ0) is 11.8. The molecular formula is C12H19ClFNOS. The van der Waals surface area contributed by atoms with Gasteiger partial charge in [-0.3, -0.25) is 0 Å². The maximum Gasteiger partial charge on any atom is 0.126 e. The Morgan fingerprint density at radius 2 is 2.12 bits per heavy atom. The second-order valence-electron chi connectivity index (χ2n) is 3.74. The van der Waals surface area contributed by atoms with Crippen LogP contribution in [0.25, 0.3) is 0 Å². The first-order valence-corrected chi connectivity index (χ1v) is 6.10. The van der Waals surface area contributed by atoms with Crippen LogP contribution in [-0.4, -0.2) is 18.4 Å². The summed E-state index contributed by atoms with van der Waals surface area (Å²) in [6, 6.07) is 6.35. The Hall–Kier alpha value is -0.450. The molecule has 1 atom stereocenters. The van der Waals surface area contributed by atoms with Gasteiger partial charge in [-0.2, -0.15) is 12.6 Å². The Balaban J connectivity index is 0.00000256. The smallest absolute Gasteiger partial charge is 0.126 e. The molecule has 0 saturated carbocycles. The molecule has 17 heavy (non-hydrogen) atoms. The van der Waals surface area contributed by atoms with Crippen LogP contribution in [-0.2, 0) is 0 Å². The fourth-order valence-electron chi connectivity index (χ4n) is 1.35. The van der Waals surface area contributed by atoms with Crippen molar-refractivity contribution in [3.63, 3.8) is 0 Å². The van der Waals surface area contributed by atoms with Gasteiger partial charge < -0.3 is 10.5 Å². The van der Waals surface area contributed by atoms with Crippen LogP contribution in [0.2, 0.25) is 0 Å². The van der Waals surface area contributed by atoms with Crippen molar-refractivity contribution in [3.8, 4) is 5.75 Å². The van der Waals surface area contributed by atoms with E-state index in [9.17, 15) is 4.39 Å². The maximum absolute atomic E-state index is 12.8. The van der Waals surface area contributed by atoms with Gasteiger partial charge >= 0.3 is 0 Å². The fraction of sp³-hybridized carbons (Fsp3) is 0.500. The minimum Gasteiger partial charge on any atom is -0.493 e. The van der Waals surface area contributed by atoms with Gasteiger partial charge in [0.05, 0.1) is 6.61 Å². The van der Waals surface area contributed by atoms with Crippen LogP contribution in [0.3, 0.4) is 0 Å². The third kappa shape index (κ3) is 7.47. The lowest BCUT2D eigenvalue weighted by atomic mass is 10.1. The van der Waals surface area contributed by atoms with Crippen LogP contribution in [0.4, 0.5) is 4.39 Å². The highest BCUT2D eigenvalue weighted by Gasteiger charge is 1.99. The fourth-order valence-corrected chi connectivity index (χ4v) is 1.53. The lowest BCUT2D eigenvalue weighted by Crippen LogP contribution is -2.21. The summed E-state index contributed by atoms with van der Waals surface area (Å²) < 4.78 is 18.2. The number of nitrogens with two attached hydrogens (primary N) is 1. The molecule has 0 spiro atoms. The summed E-state index contributed by atoms with van der Waals surface area (Å²) in [5.41, 5.74) is 5.72. The van der Waals surface area contributed by atoms with Gasteiger partial charge in [-0.1, -0.05) is 6.07 Å². The molecule has 0 aliphatic rings. The minimum atomic E-state index is -0.269. The van der Waals surface area contributed by atoms with Gasteiger partial charge in [-0.05, 0) is 31.4 Å². The normalized spacial score (nSPS) is 11.7. The molecular weight excluding hydrogens is 261 g/mol. The van der Waals surface area contributed by atoms with Gasteiger partial charge in [0.1, 0.15) is 11.6 Å². The summed E-state index contributed by atoms with van der Waals surface area (Å²) in [5.74, 6) is 1.03. The van der Waals surface area contributed by atoms with E-state index in [-0.39, 0.29) is 24.3 Å². The Morgan fingerprint density at radius 1 is 1.35 bits per heavy atom. The zero-order valence-electron chi connectivity index (χ0n) is 9.64. The van der Waals surface area contributed by atoms with Crippen LogP contribution in [0, 0.1) is 5.82 Å². The Bertz CT molecular complexity index is 314. The van der Waals surface area contributed by atoms with Crippen molar-refractivity contribution < 1.29 is 9.13 Å². The van der Waals surface area contributed by atoms with Crippen LogP contribution >= 0.6 is 25.0 Å². The monoisotopic (exact) mass is 279 g/mol. The SMILES string of the molecule is Cl.N[C@H](CS)CCCCOc1cccc(F)c1. The van der Waals surface area contributed by atoms with Crippen molar-refractivity contribution in [1.29, 1.82) is 0 Å². The van der Waals surface area contributed by atoms with E-state index in [4.69, 9.17) is 10.5 Å². The summed E-state index contributed by atoms with van der Waals surface area (Å²) in [6.45, 7) is 0.600. The molecule has 1 aromatic carbocycles. The molecule has 0 heterocycles. The molecule has 0 bridgehead atoms. The van der Waals surface area contributed by atoms with Crippen molar-refractivity contribution in [2.75, 3.05) is 12.4 Å². The van der Waals surface area contributed by atoms with Crippen LogP contribution < -0.4 is 10.5 Å². The van der Waals surface area contributed by atoms with Crippen molar-refractivity contribution >= 4 is 25.0 Å². The van der Waals surface area contributed by atoms with Crippen LogP contribution in [0.5, 0.6) is 5.75 Å². The van der Waals surface area contributed by atoms with Crippen molar-refractivity contribution in [2.24, 2.45) is 5.73 Å². The molecule has 0 saturated heterocycles. The molecule has 0 radical (unpaired) electrons. The minimum absolute atomic E-state index is 0. The Morgan fingerprint density at radius 3 is 2.76 bits per heavy atom. The summed E-state index contributed by atoms with van der Waals surface area (Å²) >= 11 is 4.11. The molecule has 0 amide bonds. The number of thiol groups is 1. The first kappa shape index (κ1) is 16.6. The summed E-state index contributed by atoms with van der Waals surface area (Å²) in [4.78, 5) is 0. The van der Waals surface area contributed by atoms with E-state index in [1.165, 1.54) is 12.1 Å². The molecule has 0 aliphatic heterocycles. The Labute approximate surface area is 114 Å². The molecule has 98 valence electrons.